The van der Waals surface area contributed by atoms with E-state index >= 15 is 0 Å². The first-order chi connectivity index (χ1) is 12.3. The van der Waals surface area contributed by atoms with Crippen LogP contribution in [-0.4, -0.2) is 28.3 Å². The molecule has 1 aromatic carbocycles. The van der Waals surface area contributed by atoms with Gasteiger partial charge in [-0.3, -0.25) is 0 Å². The molecule has 132 valence electrons. The van der Waals surface area contributed by atoms with Crippen LogP contribution >= 0.6 is 0 Å². The molecule has 5 heteroatoms. The zero-order valence-electron chi connectivity index (χ0n) is 15.2. The molecule has 0 spiro atoms. The number of benzene rings is 1. The lowest BCUT2D eigenvalue weighted by Gasteiger charge is -2.21. The number of aromatic nitrogens is 3. The largest absolute Gasteiger partial charge is 0.368 e. The third-order valence-corrected chi connectivity index (χ3v) is 4.56. The molecule has 1 aliphatic carbocycles. The van der Waals surface area contributed by atoms with Crippen molar-refractivity contribution in [2.75, 3.05) is 23.3 Å². The zero-order valence-corrected chi connectivity index (χ0v) is 15.2. The van der Waals surface area contributed by atoms with Gasteiger partial charge >= 0.3 is 0 Å². The Balaban J connectivity index is 1.66. The summed E-state index contributed by atoms with van der Waals surface area (Å²) in [7, 11) is 0. The summed E-state index contributed by atoms with van der Waals surface area (Å²) in [6.07, 6.45) is 10.3. The number of nitrogens with one attached hydrogen (secondary N) is 1. The maximum Gasteiger partial charge on any atom is 0.251 e. The van der Waals surface area contributed by atoms with Crippen LogP contribution in [0, 0.1) is 6.92 Å². The molecule has 0 saturated carbocycles. The van der Waals surface area contributed by atoms with Gasteiger partial charge in [-0.15, -0.1) is 5.10 Å². The minimum Gasteiger partial charge on any atom is -0.368 e. The first kappa shape index (κ1) is 17.4. The van der Waals surface area contributed by atoms with E-state index in [0.29, 0.717) is 5.95 Å². The number of aryl methyl sites for hydroxylation is 1. The van der Waals surface area contributed by atoms with Crippen LogP contribution in [0.5, 0.6) is 0 Å². The molecule has 0 unspecified atom stereocenters. The summed E-state index contributed by atoms with van der Waals surface area (Å²) in [4.78, 5) is 6.73. The predicted molar refractivity (Wildman–Crippen MR) is 103 cm³/mol. The standard InChI is InChI=1S/C20H27N5/c1-3-25(18-11-7-8-16(2)14-18)20-23-19(15-22-24-20)21-13-12-17-9-5-4-6-10-17/h7-9,11,14-15H,3-6,10,12-13H2,1-2H3,(H,21,23,24). The van der Waals surface area contributed by atoms with Crippen molar-refractivity contribution in [1.82, 2.24) is 15.2 Å². The quantitative estimate of drug-likeness (QED) is 0.746. The van der Waals surface area contributed by atoms with E-state index in [-0.39, 0.29) is 0 Å². The van der Waals surface area contributed by atoms with Gasteiger partial charge in [-0.25, -0.2) is 0 Å². The second kappa shape index (κ2) is 8.60. The van der Waals surface area contributed by atoms with Gasteiger partial charge in [0.2, 0.25) is 0 Å². The van der Waals surface area contributed by atoms with Crippen molar-refractivity contribution < 1.29 is 0 Å². The Kier molecular flexibility index (Phi) is 5.99. The number of allylic oxidation sites excluding steroid dienone is 1. The second-order valence-electron chi connectivity index (χ2n) is 6.51. The van der Waals surface area contributed by atoms with Crippen molar-refractivity contribution in [3.8, 4) is 0 Å². The van der Waals surface area contributed by atoms with E-state index in [1.807, 2.05) is 0 Å². The number of nitrogens with zero attached hydrogens (tertiary/aromatic N) is 4. The molecule has 1 N–H and O–H groups in total. The molecule has 0 atom stereocenters. The SMILES string of the molecule is CCN(c1cccc(C)c1)c1nncc(NCCC2=CCCCC2)n1. The van der Waals surface area contributed by atoms with Crippen LogP contribution in [0.3, 0.4) is 0 Å². The third kappa shape index (κ3) is 4.78. The fourth-order valence-corrected chi connectivity index (χ4v) is 3.21. The maximum absolute atomic E-state index is 4.65. The molecule has 1 aliphatic rings. The van der Waals surface area contributed by atoms with E-state index in [1.165, 1.54) is 31.2 Å². The molecule has 0 bridgehead atoms. The fourth-order valence-electron chi connectivity index (χ4n) is 3.21. The van der Waals surface area contributed by atoms with Crippen LogP contribution in [0.15, 0.2) is 42.1 Å². The predicted octanol–water partition coefficient (Wildman–Crippen LogP) is 4.64. The van der Waals surface area contributed by atoms with Crippen molar-refractivity contribution >= 4 is 17.5 Å². The Morgan fingerprint density at radius 1 is 1.24 bits per heavy atom. The molecule has 0 saturated heterocycles. The Labute approximate surface area is 150 Å². The molecular weight excluding hydrogens is 310 g/mol. The summed E-state index contributed by atoms with van der Waals surface area (Å²) in [6.45, 7) is 5.87. The van der Waals surface area contributed by atoms with E-state index in [1.54, 1.807) is 11.8 Å². The van der Waals surface area contributed by atoms with Gasteiger partial charge in [-0.1, -0.05) is 23.8 Å². The molecule has 0 radical (unpaired) electrons. The highest BCUT2D eigenvalue weighted by molar-refractivity contribution is 5.58. The van der Waals surface area contributed by atoms with Crippen LogP contribution in [0.2, 0.25) is 0 Å². The summed E-state index contributed by atoms with van der Waals surface area (Å²) in [5, 5.41) is 11.8. The number of rotatable bonds is 7. The highest BCUT2D eigenvalue weighted by Gasteiger charge is 2.12. The van der Waals surface area contributed by atoms with Crippen molar-refractivity contribution in [3.63, 3.8) is 0 Å². The molecule has 1 aromatic heterocycles. The number of hydrogen-bond donors (Lipinski definition) is 1. The van der Waals surface area contributed by atoms with Gasteiger partial charge in [0.25, 0.3) is 5.95 Å². The fraction of sp³-hybridized carbons (Fsp3) is 0.450. The summed E-state index contributed by atoms with van der Waals surface area (Å²) >= 11 is 0. The summed E-state index contributed by atoms with van der Waals surface area (Å²) in [5.41, 5.74) is 3.88. The highest BCUT2D eigenvalue weighted by atomic mass is 15.3. The van der Waals surface area contributed by atoms with E-state index in [4.69, 9.17) is 0 Å². The van der Waals surface area contributed by atoms with Crippen molar-refractivity contribution in [3.05, 3.63) is 47.7 Å². The van der Waals surface area contributed by atoms with Crippen molar-refractivity contribution in [2.24, 2.45) is 0 Å². The van der Waals surface area contributed by atoms with Gasteiger partial charge in [-0.2, -0.15) is 10.1 Å². The van der Waals surface area contributed by atoms with Crippen LogP contribution in [0.25, 0.3) is 0 Å². The lowest BCUT2D eigenvalue weighted by atomic mass is 9.97. The smallest absolute Gasteiger partial charge is 0.251 e. The molecule has 25 heavy (non-hydrogen) atoms. The Morgan fingerprint density at radius 3 is 2.92 bits per heavy atom. The van der Waals surface area contributed by atoms with E-state index in [9.17, 15) is 0 Å². The monoisotopic (exact) mass is 337 g/mol. The molecule has 0 aliphatic heterocycles. The average Bonchev–Trinajstić information content (AvgIpc) is 2.64. The first-order valence-corrected chi connectivity index (χ1v) is 9.22. The Bertz CT molecular complexity index is 726. The summed E-state index contributed by atoms with van der Waals surface area (Å²) in [5.74, 6) is 1.42. The zero-order chi connectivity index (χ0) is 17.5. The topological polar surface area (TPSA) is 53.9 Å². The van der Waals surface area contributed by atoms with Gasteiger partial charge in [0.05, 0.1) is 6.20 Å². The van der Waals surface area contributed by atoms with Gasteiger partial charge in [0, 0.05) is 18.8 Å². The summed E-state index contributed by atoms with van der Waals surface area (Å²) in [6, 6.07) is 8.37. The molecular formula is C20H27N5. The Morgan fingerprint density at radius 2 is 2.16 bits per heavy atom. The summed E-state index contributed by atoms with van der Waals surface area (Å²) < 4.78 is 0. The normalized spacial score (nSPS) is 14.1. The lowest BCUT2D eigenvalue weighted by Crippen LogP contribution is -2.20. The number of anilines is 3. The molecule has 0 amide bonds. The van der Waals surface area contributed by atoms with E-state index < -0.39 is 0 Å². The number of hydrogen-bond acceptors (Lipinski definition) is 5. The highest BCUT2D eigenvalue weighted by Crippen LogP contribution is 2.23. The van der Waals surface area contributed by atoms with Gasteiger partial charge < -0.3 is 10.2 Å². The van der Waals surface area contributed by atoms with Crippen molar-refractivity contribution in [1.29, 1.82) is 0 Å². The minimum atomic E-state index is 0.634. The minimum absolute atomic E-state index is 0.634. The molecule has 1 heterocycles. The molecule has 0 fully saturated rings. The molecule has 2 aromatic rings. The second-order valence-corrected chi connectivity index (χ2v) is 6.51. The lowest BCUT2D eigenvalue weighted by molar-refractivity contribution is 0.679. The first-order valence-electron chi connectivity index (χ1n) is 9.22. The van der Waals surface area contributed by atoms with Crippen LogP contribution < -0.4 is 10.2 Å². The van der Waals surface area contributed by atoms with Crippen molar-refractivity contribution in [2.45, 2.75) is 46.0 Å². The maximum atomic E-state index is 4.65. The van der Waals surface area contributed by atoms with Crippen LogP contribution in [0.4, 0.5) is 17.5 Å². The van der Waals surface area contributed by atoms with Gasteiger partial charge in [0.1, 0.15) is 0 Å². The van der Waals surface area contributed by atoms with E-state index in [0.717, 1.165) is 31.0 Å². The molecule has 3 rings (SSSR count). The Hall–Kier alpha value is -2.43. The third-order valence-electron chi connectivity index (χ3n) is 4.56. The van der Waals surface area contributed by atoms with Gasteiger partial charge in [0.15, 0.2) is 5.82 Å². The molecule has 5 nitrogen and oxygen atoms in total. The van der Waals surface area contributed by atoms with Crippen LogP contribution in [0.1, 0.15) is 44.6 Å². The van der Waals surface area contributed by atoms with E-state index in [2.05, 4.69) is 69.6 Å². The van der Waals surface area contributed by atoms with Gasteiger partial charge in [-0.05, 0) is 63.6 Å². The van der Waals surface area contributed by atoms with Crippen LogP contribution in [-0.2, 0) is 0 Å². The average molecular weight is 337 g/mol.